The van der Waals surface area contributed by atoms with Gasteiger partial charge in [-0.05, 0) is 49.7 Å². The van der Waals surface area contributed by atoms with E-state index in [9.17, 15) is 29.1 Å². The number of benzene rings is 1. The third-order valence-electron chi connectivity index (χ3n) is 6.42. The molecule has 0 heterocycles. The van der Waals surface area contributed by atoms with Crippen molar-refractivity contribution in [3.8, 4) is 5.75 Å². The molecule has 0 radical (unpaired) electrons. The highest BCUT2D eigenvalue weighted by atomic mass is 16.3. The van der Waals surface area contributed by atoms with Crippen LogP contribution in [0.25, 0.3) is 0 Å². The average molecular weight is 368 g/mol. The maximum atomic E-state index is 13.1. The number of aromatic hydroxyl groups is 1. The Labute approximate surface area is 155 Å². The summed E-state index contributed by atoms with van der Waals surface area (Å²) in [6.45, 7) is 2.86. The third kappa shape index (κ3) is 2.42. The van der Waals surface area contributed by atoms with Gasteiger partial charge >= 0.3 is 0 Å². The lowest BCUT2D eigenvalue weighted by Crippen LogP contribution is -2.55. The molecule has 2 fully saturated rings. The van der Waals surface area contributed by atoms with E-state index in [1.807, 2.05) is 0 Å². The highest BCUT2D eigenvalue weighted by Crippen LogP contribution is 2.48. The molecule has 140 valence electrons. The number of phenols is 1. The van der Waals surface area contributed by atoms with Crippen molar-refractivity contribution in [1.29, 1.82) is 0 Å². The Morgan fingerprint density at radius 2 is 1.67 bits per heavy atom. The van der Waals surface area contributed by atoms with E-state index in [1.165, 1.54) is 6.92 Å². The van der Waals surface area contributed by atoms with Crippen molar-refractivity contribution in [2.24, 2.45) is 29.6 Å². The smallest absolute Gasteiger partial charge is 0.177 e. The SMILES string of the molecule is CC(=O)C1C(=O)CC2CC3Cc4ccc(C)c(O)c4C(=O)C3C(=O)C2C1=O. The number of phenolic OH excluding ortho intramolecular Hbond substituents is 1. The van der Waals surface area contributed by atoms with Crippen LogP contribution in [0.3, 0.4) is 0 Å². The third-order valence-corrected chi connectivity index (χ3v) is 6.42. The lowest BCUT2D eigenvalue weighted by Gasteiger charge is -2.44. The Hall–Kier alpha value is -2.63. The summed E-state index contributed by atoms with van der Waals surface area (Å²) in [6, 6.07) is 3.53. The molecule has 0 saturated heterocycles. The molecule has 2 saturated carbocycles. The van der Waals surface area contributed by atoms with E-state index in [-0.39, 0.29) is 23.7 Å². The predicted octanol–water partition coefficient (Wildman–Crippen LogP) is 1.62. The molecule has 3 aliphatic carbocycles. The van der Waals surface area contributed by atoms with Gasteiger partial charge in [-0.25, -0.2) is 0 Å². The van der Waals surface area contributed by atoms with Gasteiger partial charge in [0.05, 0.1) is 17.4 Å². The molecule has 5 atom stereocenters. The Kier molecular flexibility index (Phi) is 3.91. The van der Waals surface area contributed by atoms with Crippen LogP contribution in [0.2, 0.25) is 0 Å². The van der Waals surface area contributed by atoms with E-state index in [2.05, 4.69) is 0 Å². The van der Waals surface area contributed by atoms with Crippen LogP contribution in [0.15, 0.2) is 12.1 Å². The fourth-order valence-electron chi connectivity index (χ4n) is 5.20. The van der Waals surface area contributed by atoms with Gasteiger partial charge < -0.3 is 5.11 Å². The fraction of sp³-hybridized carbons (Fsp3) is 0.476. The van der Waals surface area contributed by atoms with Gasteiger partial charge in [-0.15, -0.1) is 0 Å². The second-order valence-electron chi connectivity index (χ2n) is 8.06. The van der Waals surface area contributed by atoms with Crippen molar-refractivity contribution in [2.75, 3.05) is 0 Å². The highest BCUT2D eigenvalue weighted by Gasteiger charge is 2.57. The number of rotatable bonds is 1. The maximum Gasteiger partial charge on any atom is 0.177 e. The van der Waals surface area contributed by atoms with E-state index in [1.54, 1.807) is 19.1 Å². The van der Waals surface area contributed by atoms with Crippen LogP contribution in [0.5, 0.6) is 5.75 Å². The molecule has 3 aliphatic rings. The lowest BCUT2D eigenvalue weighted by molar-refractivity contribution is -0.152. The van der Waals surface area contributed by atoms with Crippen molar-refractivity contribution in [3.63, 3.8) is 0 Å². The zero-order valence-electron chi connectivity index (χ0n) is 15.2. The van der Waals surface area contributed by atoms with E-state index >= 15 is 0 Å². The summed E-state index contributed by atoms with van der Waals surface area (Å²) in [7, 11) is 0. The normalized spacial score (nSPS) is 32.6. The molecule has 27 heavy (non-hydrogen) atoms. The van der Waals surface area contributed by atoms with Crippen molar-refractivity contribution < 1.29 is 29.1 Å². The van der Waals surface area contributed by atoms with Crippen molar-refractivity contribution in [1.82, 2.24) is 0 Å². The average Bonchev–Trinajstić information content (AvgIpc) is 2.57. The van der Waals surface area contributed by atoms with E-state index in [0.29, 0.717) is 24.0 Å². The fourth-order valence-corrected chi connectivity index (χ4v) is 5.20. The molecule has 6 nitrogen and oxygen atoms in total. The number of carbonyl (C=O) groups excluding carboxylic acids is 5. The number of fused-ring (bicyclic) bond motifs is 3. The zero-order chi connectivity index (χ0) is 19.6. The van der Waals surface area contributed by atoms with Crippen LogP contribution in [-0.2, 0) is 25.6 Å². The topological polar surface area (TPSA) is 106 Å². The molecule has 0 aliphatic heterocycles. The minimum Gasteiger partial charge on any atom is -0.507 e. The van der Waals surface area contributed by atoms with E-state index < -0.39 is 52.6 Å². The Bertz CT molecular complexity index is 927. The van der Waals surface area contributed by atoms with Crippen molar-refractivity contribution in [3.05, 3.63) is 28.8 Å². The quantitative estimate of drug-likeness (QED) is 0.755. The first-order valence-corrected chi connectivity index (χ1v) is 9.18. The van der Waals surface area contributed by atoms with Crippen LogP contribution in [0.4, 0.5) is 0 Å². The Balaban J connectivity index is 1.76. The molecule has 5 unspecified atom stereocenters. The molecule has 0 spiro atoms. The van der Waals surface area contributed by atoms with E-state index in [4.69, 9.17) is 0 Å². The number of Topliss-reactive ketones (excluding diaryl/α,β-unsaturated/α-hetero) is 5. The molecule has 0 bridgehead atoms. The van der Waals surface area contributed by atoms with Crippen LogP contribution in [-0.4, -0.2) is 34.0 Å². The second-order valence-corrected chi connectivity index (χ2v) is 8.06. The van der Waals surface area contributed by atoms with Crippen molar-refractivity contribution in [2.45, 2.75) is 33.1 Å². The summed E-state index contributed by atoms with van der Waals surface area (Å²) in [6.07, 6.45) is 0.895. The minimum absolute atomic E-state index is 0.0236. The first-order chi connectivity index (χ1) is 12.7. The van der Waals surface area contributed by atoms with Gasteiger partial charge in [0.15, 0.2) is 23.1 Å². The number of hydrogen-bond donors (Lipinski definition) is 1. The Morgan fingerprint density at radius 3 is 2.33 bits per heavy atom. The zero-order valence-corrected chi connectivity index (χ0v) is 15.2. The molecule has 6 heteroatoms. The standard InChI is InChI=1S/C21H20O6/c1-8-3-4-10-5-11-6-12-7-13(23)14(9(2)22)19(25)17(12)21(27)16(11)20(26)15(10)18(8)24/h3-4,11-12,14,16-17,24H,5-7H2,1-2H3. The molecule has 1 aromatic rings. The van der Waals surface area contributed by atoms with Crippen molar-refractivity contribution >= 4 is 28.9 Å². The predicted molar refractivity (Wildman–Crippen MR) is 93.3 cm³/mol. The second kappa shape index (κ2) is 5.94. The maximum absolute atomic E-state index is 13.1. The lowest BCUT2D eigenvalue weighted by atomic mass is 9.56. The summed E-state index contributed by atoms with van der Waals surface area (Å²) in [5.41, 5.74) is 1.42. The van der Waals surface area contributed by atoms with Gasteiger partial charge in [0.25, 0.3) is 0 Å². The molecule has 1 aromatic carbocycles. The van der Waals surface area contributed by atoms with Gasteiger partial charge in [-0.1, -0.05) is 12.1 Å². The molecule has 0 amide bonds. The number of ketones is 5. The molecule has 0 aromatic heterocycles. The summed E-state index contributed by atoms with van der Waals surface area (Å²) >= 11 is 0. The Morgan fingerprint density at radius 1 is 1.00 bits per heavy atom. The minimum atomic E-state index is -1.38. The number of aryl methyl sites for hydroxylation is 1. The molecule has 1 N–H and O–H groups in total. The summed E-state index contributed by atoms with van der Waals surface area (Å²) in [5.74, 6) is -6.84. The first-order valence-electron chi connectivity index (χ1n) is 9.18. The van der Waals surface area contributed by atoms with Gasteiger partial charge in [-0.3, -0.25) is 24.0 Å². The van der Waals surface area contributed by atoms with Gasteiger partial charge in [-0.2, -0.15) is 0 Å². The summed E-state index contributed by atoms with van der Waals surface area (Å²) in [5, 5.41) is 10.3. The van der Waals surface area contributed by atoms with Crippen LogP contribution < -0.4 is 0 Å². The summed E-state index contributed by atoms with van der Waals surface area (Å²) in [4.78, 5) is 63.0. The monoisotopic (exact) mass is 368 g/mol. The van der Waals surface area contributed by atoms with Gasteiger partial charge in [0.2, 0.25) is 0 Å². The molecular formula is C21H20O6. The van der Waals surface area contributed by atoms with Crippen LogP contribution in [0, 0.1) is 36.5 Å². The molecule has 4 rings (SSSR count). The first kappa shape index (κ1) is 17.8. The van der Waals surface area contributed by atoms with Gasteiger partial charge in [0, 0.05) is 6.42 Å². The largest absolute Gasteiger partial charge is 0.507 e. The van der Waals surface area contributed by atoms with Crippen LogP contribution in [0.1, 0.15) is 41.3 Å². The number of hydrogen-bond acceptors (Lipinski definition) is 6. The highest BCUT2D eigenvalue weighted by molar-refractivity contribution is 6.27. The van der Waals surface area contributed by atoms with Gasteiger partial charge in [0.1, 0.15) is 17.5 Å². The van der Waals surface area contributed by atoms with E-state index in [0.717, 1.165) is 0 Å². The molecular weight excluding hydrogens is 348 g/mol. The van der Waals surface area contributed by atoms with Crippen LogP contribution >= 0.6 is 0 Å². The number of carbonyl (C=O) groups is 5. The summed E-state index contributed by atoms with van der Waals surface area (Å²) < 4.78 is 0.